The number of carbonyl (C=O) groups excluding carboxylic acids is 2. The van der Waals surface area contributed by atoms with Gasteiger partial charge in [0.15, 0.2) is 0 Å². The first-order chi connectivity index (χ1) is 12.4. The van der Waals surface area contributed by atoms with Gasteiger partial charge in [-0.3, -0.25) is 14.6 Å². The topological polar surface area (TPSA) is 101 Å². The SMILES string of the molecule is C=CC[N+]1=C(N/N=C/c2ccc(O)cc2)N=C2C1C(=O)N(C)C(=O)N2C. The first kappa shape index (κ1) is 17.3. The zero-order valence-corrected chi connectivity index (χ0v) is 14.5. The number of phenols is 1. The molecule has 1 fully saturated rings. The third-order valence-electron chi connectivity index (χ3n) is 4.13. The zero-order valence-electron chi connectivity index (χ0n) is 14.5. The van der Waals surface area contributed by atoms with Crippen molar-refractivity contribution in [3.05, 3.63) is 42.5 Å². The van der Waals surface area contributed by atoms with Crippen LogP contribution in [0.1, 0.15) is 5.56 Å². The number of aromatic hydroxyl groups is 1. The third-order valence-corrected chi connectivity index (χ3v) is 4.13. The molecule has 26 heavy (non-hydrogen) atoms. The van der Waals surface area contributed by atoms with Crippen molar-refractivity contribution in [3.63, 3.8) is 0 Å². The minimum atomic E-state index is -0.702. The normalized spacial score (nSPS) is 19.9. The van der Waals surface area contributed by atoms with Crippen molar-refractivity contribution in [3.8, 4) is 5.75 Å². The lowest BCUT2D eigenvalue weighted by atomic mass is 10.1. The van der Waals surface area contributed by atoms with Crippen LogP contribution in [0.3, 0.4) is 0 Å². The van der Waals surface area contributed by atoms with Crippen LogP contribution in [0, 0.1) is 0 Å². The maximum atomic E-state index is 12.5. The van der Waals surface area contributed by atoms with Crippen molar-refractivity contribution in [2.24, 2.45) is 10.1 Å². The highest BCUT2D eigenvalue weighted by atomic mass is 16.3. The van der Waals surface area contributed by atoms with E-state index in [2.05, 4.69) is 22.1 Å². The van der Waals surface area contributed by atoms with E-state index in [1.807, 2.05) is 0 Å². The maximum Gasteiger partial charge on any atom is 0.414 e. The summed E-state index contributed by atoms with van der Waals surface area (Å²) < 4.78 is 1.69. The lowest BCUT2D eigenvalue weighted by Gasteiger charge is -2.31. The van der Waals surface area contributed by atoms with Crippen molar-refractivity contribution in [2.75, 3.05) is 20.6 Å². The highest BCUT2D eigenvalue weighted by Gasteiger charge is 2.51. The van der Waals surface area contributed by atoms with Gasteiger partial charge in [0.1, 0.15) is 5.75 Å². The summed E-state index contributed by atoms with van der Waals surface area (Å²) in [6.45, 7) is 4.07. The van der Waals surface area contributed by atoms with Crippen LogP contribution in [0.25, 0.3) is 0 Å². The van der Waals surface area contributed by atoms with E-state index < -0.39 is 12.1 Å². The summed E-state index contributed by atoms with van der Waals surface area (Å²) in [6.07, 6.45) is 3.21. The van der Waals surface area contributed by atoms with Crippen molar-refractivity contribution >= 4 is 29.9 Å². The lowest BCUT2D eigenvalue weighted by molar-refractivity contribution is -0.527. The van der Waals surface area contributed by atoms with Gasteiger partial charge in [-0.25, -0.2) is 9.37 Å². The van der Waals surface area contributed by atoms with Gasteiger partial charge in [-0.2, -0.15) is 5.43 Å². The van der Waals surface area contributed by atoms with Crippen molar-refractivity contribution in [1.82, 2.24) is 15.2 Å². The molecule has 1 unspecified atom stereocenters. The minimum absolute atomic E-state index is 0.170. The number of nitrogens with one attached hydrogen (secondary N) is 1. The molecule has 9 heteroatoms. The van der Waals surface area contributed by atoms with E-state index in [1.165, 1.54) is 11.9 Å². The minimum Gasteiger partial charge on any atom is -0.508 e. The van der Waals surface area contributed by atoms with Gasteiger partial charge in [-0.05, 0) is 29.8 Å². The molecule has 1 aromatic carbocycles. The monoisotopic (exact) mass is 355 g/mol. The summed E-state index contributed by atoms with van der Waals surface area (Å²) >= 11 is 0. The van der Waals surface area contributed by atoms with Crippen LogP contribution in [0.5, 0.6) is 5.75 Å². The molecule has 0 aliphatic carbocycles. The number of amidine groups is 1. The second-order valence-corrected chi connectivity index (χ2v) is 5.84. The second-order valence-electron chi connectivity index (χ2n) is 5.84. The number of hydrogen-bond donors (Lipinski definition) is 2. The molecule has 3 rings (SSSR count). The van der Waals surface area contributed by atoms with E-state index in [-0.39, 0.29) is 11.7 Å². The van der Waals surface area contributed by atoms with E-state index in [9.17, 15) is 14.7 Å². The molecule has 1 saturated heterocycles. The Kier molecular flexibility index (Phi) is 4.53. The largest absolute Gasteiger partial charge is 0.508 e. The molecule has 0 saturated carbocycles. The average molecular weight is 355 g/mol. The lowest BCUT2D eigenvalue weighted by Crippen LogP contribution is -2.61. The molecule has 0 radical (unpaired) electrons. The second kappa shape index (κ2) is 6.79. The smallest absolute Gasteiger partial charge is 0.414 e. The summed E-state index contributed by atoms with van der Waals surface area (Å²) in [7, 11) is 3.02. The number of rotatable bonds is 4. The fourth-order valence-electron chi connectivity index (χ4n) is 2.74. The number of likely N-dealkylation sites (N-methyl/N-ethyl adjacent to an activating group) is 2. The molecule has 1 atom stereocenters. The Morgan fingerprint density at radius 2 is 2.00 bits per heavy atom. The van der Waals surface area contributed by atoms with Gasteiger partial charge in [0, 0.05) is 14.1 Å². The number of carbonyl (C=O) groups is 2. The number of aliphatic imine (C=N–C) groups is 1. The Morgan fingerprint density at radius 3 is 2.65 bits per heavy atom. The fraction of sp³-hybridized carbons (Fsp3) is 0.235. The average Bonchev–Trinajstić information content (AvgIpc) is 2.99. The number of urea groups is 1. The zero-order chi connectivity index (χ0) is 18.8. The Balaban J connectivity index is 1.87. The van der Waals surface area contributed by atoms with Gasteiger partial charge < -0.3 is 5.11 Å². The van der Waals surface area contributed by atoms with Gasteiger partial charge in [0.05, 0.1) is 12.8 Å². The number of amides is 3. The molecule has 2 N–H and O–H groups in total. The number of imide groups is 1. The van der Waals surface area contributed by atoms with Crippen molar-refractivity contribution in [2.45, 2.75) is 6.04 Å². The van der Waals surface area contributed by atoms with Crippen molar-refractivity contribution < 1.29 is 19.3 Å². The molecule has 134 valence electrons. The summed E-state index contributed by atoms with van der Waals surface area (Å²) in [6, 6.07) is 5.38. The molecular weight excluding hydrogens is 336 g/mol. The summed E-state index contributed by atoms with van der Waals surface area (Å²) in [5.41, 5.74) is 3.59. The first-order valence-electron chi connectivity index (χ1n) is 7.90. The Bertz CT molecular complexity index is 856. The van der Waals surface area contributed by atoms with E-state index in [1.54, 1.807) is 48.2 Å². The van der Waals surface area contributed by atoms with E-state index >= 15 is 0 Å². The summed E-state index contributed by atoms with van der Waals surface area (Å²) in [5, 5.41) is 13.4. The summed E-state index contributed by atoms with van der Waals surface area (Å²) in [5.74, 6) is 0.516. The molecule has 9 nitrogen and oxygen atoms in total. The molecule has 2 heterocycles. The molecular formula is C17H19N6O3+. The fourth-order valence-corrected chi connectivity index (χ4v) is 2.74. The highest BCUT2D eigenvalue weighted by Crippen LogP contribution is 2.18. The van der Waals surface area contributed by atoms with Crippen LogP contribution < -0.4 is 5.43 Å². The molecule has 0 aromatic heterocycles. The molecule has 0 spiro atoms. The Labute approximate surface area is 150 Å². The van der Waals surface area contributed by atoms with Crippen LogP contribution in [-0.4, -0.2) is 76.1 Å². The first-order valence-corrected chi connectivity index (χ1v) is 7.90. The number of hydrogen-bond acceptors (Lipinski definition) is 6. The maximum absolute atomic E-state index is 12.5. The van der Waals surface area contributed by atoms with Crippen LogP contribution in [0.2, 0.25) is 0 Å². The van der Waals surface area contributed by atoms with E-state index in [0.717, 1.165) is 10.5 Å². The number of hydrazone groups is 1. The van der Waals surface area contributed by atoms with Crippen LogP contribution in [-0.2, 0) is 4.79 Å². The quantitative estimate of drug-likeness (QED) is 0.348. The number of phenolic OH excluding ortho intramolecular Hbond substituents is 1. The van der Waals surface area contributed by atoms with Crippen LogP contribution >= 0.6 is 0 Å². The van der Waals surface area contributed by atoms with Gasteiger partial charge in [-0.1, -0.05) is 17.6 Å². The number of benzene rings is 1. The van der Waals surface area contributed by atoms with Gasteiger partial charge in [0.2, 0.25) is 11.9 Å². The molecule has 1 aromatic rings. The highest BCUT2D eigenvalue weighted by molar-refractivity contribution is 6.22. The van der Waals surface area contributed by atoms with Gasteiger partial charge in [0.25, 0.3) is 5.91 Å². The molecule has 3 amide bonds. The van der Waals surface area contributed by atoms with Gasteiger partial charge >= 0.3 is 12.0 Å². The van der Waals surface area contributed by atoms with E-state index in [4.69, 9.17) is 0 Å². The number of guanidine groups is 1. The predicted molar refractivity (Wildman–Crippen MR) is 96.3 cm³/mol. The third kappa shape index (κ3) is 2.94. The number of fused-ring (bicyclic) bond motifs is 1. The van der Waals surface area contributed by atoms with Crippen molar-refractivity contribution in [1.29, 1.82) is 0 Å². The standard InChI is InChI=1S/C17H18N6O3/c1-4-9-23-13-14(21(2)17(26)22(3)15(13)25)19-16(23)20-18-10-11-5-7-12(24)8-6-11/h4-8,10,13H,1,9H2,2-3H3,(H,18,24)/p+1. The van der Waals surface area contributed by atoms with Gasteiger partial charge in [-0.15, -0.1) is 5.10 Å². The Morgan fingerprint density at radius 1 is 1.31 bits per heavy atom. The van der Waals surface area contributed by atoms with Crippen LogP contribution in [0.15, 0.2) is 47.0 Å². The molecule has 0 bridgehead atoms. The summed E-state index contributed by atoms with van der Waals surface area (Å²) in [4.78, 5) is 31.4. The predicted octanol–water partition coefficient (Wildman–Crippen LogP) is 0.175. The Hall–Kier alpha value is -3.49. The number of nitrogens with zero attached hydrogens (tertiary/aromatic N) is 5. The molecule has 2 aliphatic rings. The molecule has 2 aliphatic heterocycles. The van der Waals surface area contributed by atoms with E-state index in [0.29, 0.717) is 18.3 Å². The van der Waals surface area contributed by atoms with Crippen LogP contribution in [0.4, 0.5) is 4.79 Å².